The molecule has 0 bridgehead atoms. The van der Waals surface area contributed by atoms with Crippen LogP contribution in [0.25, 0.3) is 0 Å². The summed E-state index contributed by atoms with van der Waals surface area (Å²) in [6, 6.07) is 0. The van der Waals surface area contributed by atoms with Crippen molar-refractivity contribution in [2.75, 3.05) is 26.2 Å². The number of aliphatic hydroxyl groups is 1. The molecule has 1 atom stereocenters. The molecule has 0 aliphatic carbocycles. The normalized spacial score (nSPS) is 22.5. The van der Waals surface area contributed by atoms with E-state index in [4.69, 9.17) is 4.74 Å². The molecule has 1 heterocycles. The number of carbonyl (C=O) groups is 1. The van der Waals surface area contributed by atoms with E-state index in [1.807, 2.05) is 20.8 Å². The molecule has 0 radical (unpaired) electrons. The molecule has 1 rings (SSSR count). The second kappa shape index (κ2) is 6.36. The third-order valence-electron chi connectivity index (χ3n) is 3.17. The van der Waals surface area contributed by atoms with Crippen LogP contribution in [0.4, 0.5) is 0 Å². The number of likely N-dealkylation sites (tertiary alicyclic amines) is 1. The fourth-order valence-electron chi connectivity index (χ4n) is 2.14. The zero-order valence-corrected chi connectivity index (χ0v) is 11.2. The van der Waals surface area contributed by atoms with Crippen LogP contribution < -0.4 is 0 Å². The van der Waals surface area contributed by atoms with Crippen LogP contribution in [-0.2, 0) is 9.53 Å². The maximum absolute atomic E-state index is 11.6. The Morgan fingerprint density at radius 3 is 2.82 bits per heavy atom. The van der Waals surface area contributed by atoms with Crippen LogP contribution in [0.3, 0.4) is 0 Å². The Morgan fingerprint density at radius 1 is 1.53 bits per heavy atom. The molecule has 4 nitrogen and oxygen atoms in total. The summed E-state index contributed by atoms with van der Waals surface area (Å²) >= 11 is 0. The Hall–Kier alpha value is -0.610. The predicted octanol–water partition coefficient (Wildman–Crippen LogP) is 1.42. The van der Waals surface area contributed by atoms with Crippen molar-refractivity contribution in [3.8, 4) is 0 Å². The van der Waals surface area contributed by atoms with Crippen LogP contribution in [-0.4, -0.2) is 47.8 Å². The second-order valence-corrected chi connectivity index (χ2v) is 5.45. The van der Waals surface area contributed by atoms with E-state index >= 15 is 0 Å². The summed E-state index contributed by atoms with van der Waals surface area (Å²) in [5.41, 5.74) is -0.628. The van der Waals surface area contributed by atoms with Crippen molar-refractivity contribution in [2.45, 2.75) is 45.6 Å². The Morgan fingerprint density at radius 2 is 2.24 bits per heavy atom. The van der Waals surface area contributed by atoms with Gasteiger partial charge in [-0.3, -0.25) is 4.79 Å². The zero-order valence-electron chi connectivity index (χ0n) is 11.2. The van der Waals surface area contributed by atoms with Gasteiger partial charge in [0.2, 0.25) is 0 Å². The molecule has 0 spiro atoms. The van der Waals surface area contributed by atoms with Gasteiger partial charge < -0.3 is 14.7 Å². The zero-order chi connectivity index (χ0) is 12.9. The molecule has 100 valence electrons. The van der Waals surface area contributed by atoms with E-state index in [1.54, 1.807) is 0 Å². The standard InChI is InChI=1S/C13H25NO3/c1-4-17-12(15)11-6-5-8-14(10-11)9-7-13(2,3)16/h11,16H,4-10H2,1-3H3. The van der Waals surface area contributed by atoms with E-state index in [0.717, 1.165) is 38.9 Å². The smallest absolute Gasteiger partial charge is 0.310 e. The van der Waals surface area contributed by atoms with E-state index < -0.39 is 5.60 Å². The first-order valence-electron chi connectivity index (χ1n) is 6.54. The molecule has 1 aliphatic rings. The molecule has 4 heteroatoms. The lowest BCUT2D eigenvalue weighted by Gasteiger charge is -2.32. The number of nitrogens with zero attached hydrogens (tertiary/aromatic N) is 1. The first kappa shape index (κ1) is 14.5. The maximum atomic E-state index is 11.6. The molecule has 1 N–H and O–H groups in total. The molecule has 0 aromatic rings. The first-order chi connectivity index (χ1) is 7.92. The molecule has 0 aromatic carbocycles. The van der Waals surface area contributed by atoms with Crippen LogP contribution in [0, 0.1) is 5.92 Å². The summed E-state index contributed by atoms with van der Waals surface area (Å²) < 4.78 is 5.06. The van der Waals surface area contributed by atoms with Gasteiger partial charge in [0.05, 0.1) is 18.1 Å². The van der Waals surface area contributed by atoms with Crippen molar-refractivity contribution in [2.24, 2.45) is 5.92 Å². The van der Waals surface area contributed by atoms with Crippen molar-refractivity contribution < 1.29 is 14.6 Å². The van der Waals surface area contributed by atoms with E-state index in [0.29, 0.717) is 6.61 Å². The number of hydrogen-bond donors (Lipinski definition) is 1. The lowest BCUT2D eigenvalue weighted by atomic mass is 9.97. The van der Waals surface area contributed by atoms with Crippen LogP contribution in [0.1, 0.15) is 40.0 Å². The molecule has 0 saturated carbocycles. The SMILES string of the molecule is CCOC(=O)C1CCCN(CCC(C)(C)O)C1. The highest BCUT2D eigenvalue weighted by molar-refractivity contribution is 5.72. The summed E-state index contributed by atoms with van der Waals surface area (Å²) in [5.74, 6) is -0.0500. The van der Waals surface area contributed by atoms with Crippen LogP contribution >= 0.6 is 0 Å². The summed E-state index contributed by atoms with van der Waals surface area (Å²) in [5, 5.41) is 9.69. The maximum Gasteiger partial charge on any atom is 0.310 e. The number of ether oxygens (including phenoxy) is 1. The fraction of sp³-hybridized carbons (Fsp3) is 0.923. The lowest BCUT2D eigenvalue weighted by molar-refractivity contribution is -0.150. The Bertz CT molecular complexity index is 248. The second-order valence-electron chi connectivity index (χ2n) is 5.45. The molecule has 1 unspecified atom stereocenters. The summed E-state index contributed by atoms with van der Waals surface area (Å²) in [6.45, 7) is 8.58. The highest BCUT2D eigenvalue weighted by atomic mass is 16.5. The van der Waals surface area contributed by atoms with Crippen molar-refractivity contribution in [1.82, 2.24) is 4.90 Å². The van der Waals surface area contributed by atoms with Crippen molar-refractivity contribution >= 4 is 5.97 Å². The first-order valence-corrected chi connectivity index (χ1v) is 6.54. The van der Waals surface area contributed by atoms with Gasteiger partial charge in [0.25, 0.3) is 0 Å². The molecular formula is C13H25NO3. The van der Waals surface area contributed by atoms with E-state index in [-0.39, 0.29) is 11.9 Å². The third kappa shape index (κ3) is 5.50. The van der Waals surface area contributed by atoms with Crippen molar-refractivity contribution in [3.63, 3.8) is 0 Å². The largest absolute Gasteiger partial charge is 0.466 e. The summed E-state index contributed by atoms with van der Waals surface area (Å²) in [4.78, 5) is 13.9. The molecule has 1 fully saturated rings. The van der Waals surface area contributed by atoms with Gasteiger partial charge in [-0.15, -0.1) is 0 Å². The van der Waals surface area contributed by atoms with Crippen molar-refractivity contribution in [1.29, 1.82) is 0 Å². The molecular weight excluding hydrogens is 218 g/mol. The van der Waals surface area contributed by atoms with Gasteiger partial charge in [-0.25, -0.2) is 0 Å². The minimum absolute atomic E-state index is 0.0190. The van der Waals surface area contributed by atoms with Crippen molar-refractivity contribution in [3.05, 3.63) is 0 Å². The predicted molar refractivity (Wildman–Crippen MR) is 66.7 cm³/mol. The number of esters is 1. The molecule has 17 heavy (non-hydrogen) atoms. The Labute approximate surface area is 104 Å². The van der Waals surface area contributed by atoms with Crippen LogP contribution in [0.5, 0.6) is 0 Å². The Kier molecular flexibility index (Phi) is 5.40. The van der Waals surface area contributed by atoms with E-state index in [1.165, 1.54) is 0 Å². The third-order valence-corrected chi connectivity index (χ3v) is 3.17. The molecule has 0 amide bonds. The van der Waals surface area contributed by atoms with Crippen LogP contribution in [0.2, 0.25) is 0 Å². The van der Waals surface area contributed by atoms with Gasteiger partial charge in [0.1, 0.15) is 0 Å². The fourth-order valence-corrected chi connectivity index (χ4v) is 2.14. The minimum atomic E-state index is -0.628. The average molecular weight is 243 g/mol. The van der Waals surface area contributed by atoms with Gasteiger partial charge in [-0.2, -0.15) is 0 Å². The molecule has 0 aromatic heterocycles. The molecule has 1 saturated heterocycles. The number of piperidine rings is 1. The topological polar surface area (TPSA) is 49.8 Å². The molecule has 1 aliphatic heterocycles. The minimum Gasteiger partial charge on any atom is -0.466 e. The lowest BCUT2D eigenvalue weighted by Crippen LogP contribution is -2.41. The number of hydrogen-bond acceptors (Lipinski definition) is 4. The van der Waals surface area contributed by atoms with Crippen LogP contribution in [0.15, 0.2) is 0 Å². The summed E-state index contributed by atoms with van der Waals surface area (Å²) in [7, 11) is 0. The average Bonchev–Trinajstić information content (AvgIpc) is 2.26. The highest BCUT2D eigenvalue weighted by Crippen LogP contribution is 2.19. The van der Waals surface area contributed by atoms with E-state index in [2.05, 4.69) is 4.90 Å². The Balaban J connectivity index is 2.36. The van der Waals surface area contributed by atoms with Gasteiger partial charge in [-0.05, 0) is 46.6 Å². The monoisotopic (exact) mass is 243 g/mol. The quantitative estimate of drug-likeness (QED) is 0.742. The van der Waals surface area contributed by atoms with E-state index in [9.17, 15) is 9.90 Å². The van der Waals surface area contributed by atoms with Gasteiger partial charge in [-0.1, -0.05) is 0 Å². The highest BCUT2D eigenvalue weighted by Gasteiger charge is 2.27. The van der Waals surface area contributed by atoms with Gasteiger partial charge >= 0.3 is 5.97 Å². The van der Waals surface area contributed by atoms with Gasteiger partial charge in [0, 0.05) is 13.1 Å². The number of carbonyl (C=O) groups excluding carboxylic acids is 1. The number of rotatable bonds is 5. The summed E-state index contributed by atoms with van der Waals surface area (Å²) in [6.07, 6.45) is 2.70. The van der Waals surface area contributed by atoms with Gasteiger partial charge in [0.15, 0.2) is 0 Å².